The second-order valence-electron chi connectivity index (χ2n) is 6.73. The van der Waals surface area contributed by atoms with E-state index >= 15 is 0 Å². The Morgan fingerprint density at radius 2 is 1.82 bits per heavy atom. The van der Waals surface area contributed by atoms with Gasteiger partial charge >= 0.3 is 5.97 Å². The quantitative estimate of drug-likeness (QED) is 0.372. The lowest BCUT2D eigenvalue weighted by Crippen LogP contribution is -2.34. The molecule has 1 atom stereocenters. The van der Waals surface area contributed by atoms with Crippen molar-refractivity contribution < 1.29 is 19.5 Å². The number of carbonyl (C=O) groups is 3. The molecule has 22 heavy (non-hydrogen) atoms. The van der Waals surface area contributed by atoms with Gasteiger partial charge in [0.15, 0.2) is 11.6 Å². The molecule has 0 saturated heterocycles. The van der Waals surface area contributed by atoms with Crippen LogP contribution in [0, 0.1) is 5.41 Å². The molecule has 0 aromatic heterocycles. The molecule has 124 valence electrons. The van der Waals surface area contributed by atoms with Crippen molar-refractivity contribution in [2.24, 2.45) is 11.1 Å². The highest BCUT2D eigenvalue weighted by Gasteiger charge is 2.36. The highest BCUT2D eigenvalue weighted by molar-refractivity contribution is 6.22. The van der Waals surface area contributed by atoms with Crippen LogP contribution in [0.5, 0.6) is 0 Å². The number of aliphatic carboxylic acids is 1. The third kappa shape index (κ3) is 5.26. The molecule has 1 fully saturated rings. The van der Waals surface area contributed by atoms with E-state index in [1.807, 2.05) is 13.8 Å². The van der Waals surface area contributed by atoms with Crippen LogP contribution in [0.1, 0.15) is 52.9 Å². The molecule has 0 amide bonds. The van der Waals surface area contributed by atoms with Crippen LogP contribution in [-0.4, -0.2) is 35.2 Å². The highest BCUT2D eigenvalue weighted by atomic mass is 16.4. The molecular weight excluding hydrogens is 284 g/mol. The molecule has 4 N–H and O–H groups in total. The zero-order valence-electron chi connectivity index (χ0n) is 13.6. The molecule has 1 rings (SSSR count). The van der Waals surface area contributed by atoms with Crippen LogP contribution in [0.3, 0.4) is 0 Å². The van der Waals surface area contributed by atoms with Gasteiger partial charge in [0.05, 0.1) is 5.57 Å². The van der Waals surface area contributed by atoms with Crippen LogP contribution in [-0.2, 0) is 14.4 Å². The smallest absolute Gasteiger partial charge is 0.320 e. The first-order valence-electron chi connectivity index (χ1n) is 7.63. The van der Waals surface area contributed by atoms with Gasteiger partial charge in [-0.1, -0.05) is 13.8 Å². The van der Waals surface area contributed by atoms with Crippen molar-refractivity contribution in [1.29, 1.82) is 0 Å². The molecule has 0 unspecified atom stereocenters. The molecule has 1 aliphatic carbocycles. The van der Waals surface area contributed by atoms with E-state index in [4.69, 9.17) is 10.8 Å². The van der Waals surface area contributed by atoms with E-state index in [1.165, 1.54) is 0 Å². The molecule has 0 aromatic rings. The van der Waals surface area contributed by atoms with E-state index in [9.17, 15) is 14.4 Å². The summed E-state index contributed by atoms with van der Waals surface area (Å²) < 4.78 is 0. The van der Waals surface area contributed by atoms with E-state index in [0.29, 0.717) is 43.5 Å². The van der Waals surface area contributed by atoms with Crippen molar-refractivity contribution in [3.05, 3.63) is 11.3 Å². The lowest BCUT2D eigenvalue weighted by Gasteiger charge is -2.29. The fourth-order valence-corrected chi connectivity index (χ4v) is 2.66. The molecule has 0 bridgehead atoms. The largest absolute Gasteiger partial charge is 0.480 e. The van der Waals surface area contributed by atoms with Crippen molar-refractivity contribution in [3.63, 3.8) is 0 Å². The minimum absolute atomic E-state index is 0.0980. The van der Waals surface area contributed by atoms with Gasteiger partial charge in [0, 0.05) is 25.1 Å². The van der Waals surface area contributed by atoms with Crippen LogP contribution >= 0.6 is 0 Å². The highest BCUT2D eigenvalue weighted by Crippen LogP contribution is 2.34. The molecular formula is C16H26N2O4. The summed E-state index contributed by atoms with van der Waals surface area (Å²) in [5.74, 6) is -1.19. The average Bonchev–Trinajstić information content (AvgIpc) is 2.35. The van der Waals surface area contributed by atoms with E-state index in [-0.39, 0.29) is 17.0 Å². The fourth-order valence-electron chi connectivity index (χ4n) is 2.66. The van der Waals surface area contributed by atoms with Crippen LogP contribution in [0.15, 0.2) is 11.3 Å². The summed E-state index contributed by atoms with van der Waals surface area (Å²) in [5.41, 5.74) is 6.07. The van der Waals surface area contributed by atoms with Crippen LogP contribution in [0.4, 0.5) is 0 Å². The van der Waals surface area contributed by atoms with Crippen molar-refractivity contribution in [2.75, 3.05) is 6.54 Å². The maximum Gasteiger partial charge on any atom is 0.320 e. The Kier molecular flexibility index (Phi) is 6.29. The van der Waals surface area contributed by atoms with Gasteiger partial charge in [0.1, 0.15) is 6.04 Å². The first kappa shape index (κ1) is 18.4. The predicted molar refractivity (Wildman–Crippen MR) is 83.2 cm³/mol. The van der Waals surface area contributed by atoms with Crippen molar-refractivity contribution in [2.45, 2.75) is 58.9 Å². The van der Waals surface area contributed by atoms with Gasteiger partial charge < -0.3 is 16.2 Å². The number of rotatable bonds is 7. The summed E-state index contributed by atoms with van der Waals surface area (Å²) in [6, 6.07) is -0.830. The number of allylic oxidation sites excluding steroid dienone is 2. The van der Waals surface area contributed by atoms with Crippen LogP contribution < -0.4 is 11.1 Å². The van der Waals surface area contributed by atoms with Gasteiger partial charge in [0.2, 0.25) is 0 Å². The Morgan fingerprint density at radius 1 is 1.27 bits per heavy atom. The maximum absolute atomic E-state index is 12.1. The number of nitrogens with one attached hydrogen (secondary N) is 1. The van der Waals surface area contributed by atoms with Crippen LogP contribution in [0.25, 0.3) is 0 Å². The van der Waals surface area contributed by atoms with Crippen molar-refractivity contribution >= 4 is 17.5 Å². The number of unbranched alkanes of at least 4 members (excludes halogenated alkanes) is 1. The average molecular weight is 310 g/mol. The van der Waals surface area contributed by atoms with Gasteiger partial charge in [-0.15, -0.1) is 0 Å². The summed E-state index contributed by atoms with van der Waals surface area (Å²) in [4.78, 5) is 34.8. The van der Waals surface area contributed by atoms with E-state index < -0.39 is 12.0 Å². The minimum atomic E-state index is -0.993. The molecule has 6 heteroatoms. The molecule has 0 heterocycles. The molecule has 1 saturated carbocycles. The number of carboxylic acid groups (broad SMARTS) is 1. The third-order valence-corrected chi connectivity index (χ3v) is 3.86. The fraction of sp³-hybridized carbons (Fsp3) is 0.688. The number of carbonyl (C=O) groups excluding carboxylic acids is 2. The molecule has 0 aromatic carbocycles. The van der Waals surface area contributed by atoms with E-state index in [1.54, 1.807) is 6.92 Å². The molecule has 6 nitrogen and oxygen atoms in total. The summed E-state index contributed by atoms with van der Waals surface area (Å²) in [6.45, 7) is 6.18. The summed E-state index contributed by atoms with van der Waals surface area (Å²) >= 11 is 0. The SMILES string of the molecule is CC(NCCCC[C@H](N)C(=O)O)=C1C(=O)CC(C)(C)CC1=O. The summed E-state index contributed by atoms with van der Waals surface area (Å²) in [6.07, 6.45) is 2.61. The minimum Gasteiger partial charge on any atom is -0.480 e. The first-order valence-corrected chi connectivity index (χ1v) is 7.63. The van der Waals surface area contributed by atoms with Gasteiger partial charge in [-0.2, -0.15) is 0 Å². The lowest BCUT2D eigenvalue weighted by molar-refractivity contribution is -0.138. The summed E-state index contributed by atoms with van der Waals surface area (Å²) in [5, 5.41) is 11.8. The van der Waals surface area contributed by atoms with Crippen molar-refractivity contribution in [3.8, 4) is 0 Å². The first-order chi connectivity index (χ1) is 10.1. The third-order valence-electron chi connectivity index (χ3n) is 3.86. The monoisotopic (exact) mass is 310 g/mol. The zero-order valence-corrected chi connectivity index (χ0v) is 13.6. The van der Waals surface area contributed by atoms with Gasteiger partial charge in [-0.25, -0.2) is 0 Å². The molecule has 0 spiro atoms. The van der Waals surface area contributed by atoms with E-state index in [0.717, 1.165) is 6.42 Å². The second-order valence-corrected chi connectivity index (χ2v) is 6.73. The Morgan fingerprint density at radius 3 is 2.32 bits per heavy atom. The number of Topliss-reactive ketones (excluding diaryl/α,β-unsaturated/α-hetero) is 2. The second kappa shape index (κ2) is 7.54. The Bertz CT molecular complexity index is 472. The normalized spacial score (nSPS) is 19.0. The van der Waals surface area contributed by atoms with Gasteiger partial charge in [-0.05, 0) is 31.6 Å². The summed E-state index contributed by atoms with van der Waals surface area (Å²) in [7, 11) is 0. The Hall–Kier alpha value is -1.69. The number of hydrogen-bond donors (Lipinski definition) is 3. The Labute approximate surface area is 131 Å². The predicted octanol–water partition coefficient (Wildman–Crippen LogP) is 1.39. The van der Waals surface area contributed by atoms with E-state index in [2.05, 4.69) is 5.32 Å². The standard InChI is InChI=1S/C16H26N2O4/c1-10(18-7-5-4-6-11(17)15(21)22)14-12(19)8-16(2,3)9-13(14)20/h11,18H,4-9,17H2,1-3H3,(H,21,22)/t11-/m0/s1. The zero-order chi connectivity index (χ0) is 16.9. The molecule has 0 aliphatic heterocycles. The number of hydrogen-bond acceptors (Lipinski definition) is 5. The number of ketones is 2. The van der Waals surface area contributed by atoms with Crippen molar-refractivity contribution in [1.82, 2.24) is 5.32 Å². The van der Waals surface area contributed by atoms with Crippen LogP contribution in [0.2, 0.25) is 0 Å². The van der Waals surface area contributed by atoms with Gasteiger partial charge in [0.25, 0.3) is 0 Å². The lowest BCUT2D eigenvalue weighted by atomic mass is 9.73. The maximum atomic E-state index is 12.1. The molecule has 0 radical (unpaired) electrons. The Balaban J connectivity index is 2.47. The molecule has 1 aliphatic rings. The topological polar surface area (TPSA) is 109 Å². The van der Waals surface area contributed by atoms with Gasteiger partial charge in [-0.3, -0.25) is 14.4 Å². The number of carboxylic acids is 1. The number of nitrogens with two attached hydrogens (primary N) is 1.